The summed E-state index contributed by atoms with van der Waals surface area (Å²) in [7, 11) is 0. The number of carbonyl (C=O) groups excluding carboxylic acids is 1. The summed E-state index contributed by atoms with van der Waals surface area (Å²) < 4.78 is 5.73. The average Bonchev–Trinajstić information content (AvgIpc) is 3.13. The van der Waals surface area contributed by atoms with Crippen LogP contribution in [0.3, 0.4) is 0 Å². The van der Waals surface area contributed by atoms with Gasteiger partial charge in [0.2, 0.25) is 0 Å². The lowest BCUT2D eigenvalue weighted by Gasteiger charge is -2.36. The van der Waals surface area contributed by atoms with Crippen molar-refractivity contribution in [2.24, 2.45) is 0 Å². The third kappa shape index (κ3) is 3.43. The highest BCUT2D eigenvalue weighted by Gasteiger charge is 2.38. The number of hydrogen-bond donors (Lipinski definition) is 1. The van der Waals surface area contributed by atoms with Crippen LogP contribution in [0.25, 0.3) is 22.0 Å². The summed E-state index contributed by atoms with van der Waals surface area (Å²) in [4.78, 5) is 36.1. The number of aromatic nitrogens is 2. The van der Waals surface area contributed by atoms with Gasteiger partial charge in [0.05, 0.1) is 17.1 Å². The molecule has 0 saturated heterocycles. The maximum absolute atomic E-state index is 12.8. The molecule has 2 atom stereocenters. The second-order valence-electron chi connectivity index (χ2n) is 7.05. The molecule has 1 amide bonds. The van der Waals surface area contributed by atoms with Crippen molar-refractivity contribution in [3.8, 4) is 27.7 Å². The van der Waals surface area contributed by atoms with Gasteiger partial charge in [-0.2, -0.15) is 0 Å². The van der Waals surface area contributed by atoms with Crippen LogP contribution in [0.2, 0.25) is 0 Å². The van der Waals surface area contributed by atoms with Crippen molar-refractivity contribution in [1.82, 2.24) is 9.97 Å². The Bertz CT molecular complexity index is 1110. The van der Waals surface area contributed by atoms with Crippen LogP contribution in [0.5, 0.6) is 5.75 Å². The summed E-state index contributed by atoms with van der Waals surface area (Å²) >= 11 is 1.54. The molecule has 1 N–H and O–H groups in total. The van der Waals surface area contributed by atoms with Crippen molar-refractivity contribution < 1.29 is 19.4 Å². The molecule has 0 bridgehead atoms. The van der Waals surface area contributed by atoms with Gasteiger partial charge in [0.25, 0.3) is 5.91 Å². The van der Waals surface area contributed by atoms with E-state index in [1.165, 1.54) is 16.2 Å². The Hall–Kier alpha value is -3.26. The van der Waals surface area contributed by atoms with E-state index in [9.17, 15) is 14.7 Å². The molecule has 4 rings (SSSR count). The monoisotopic (exact) mass is 423 g/mol. The molecule has 1 aliphatic rings. The number of anilines is 1. The highest BCUT2D eigenvalue weighted by atomic mass is 32.1. The molecule has 2 aromatic heterocycles. The molecular formula is C22H21N3O4S. The molecule has 0 aliphatic carbocycles. The number of pyridine rings is 1. The molecule has 154 valence electrons. The number of benzene rings is 1. The summed E-state index contributed by atoms with van der Waals surface area (Å²) in [5.41, 5.74) is 2.82. The third-order valence-electron chi connectivity index (χ3n) is 5.04. The molecule has 0 saturated carbocycles. The van der Waals surface area contributed by atoms with E-state index in [-0.39, 0.29) is 12.3 Å². The number of rotatable bonds is 5. The molecule has 0 fully saturated rings. The van der Waals surface area contributed by atoms with Gasteiger partial charge in [-0.1, -0.05) is 13.0 Å². The minimum atomic E-state index is -1.04. The van der Waals surface area contributed by atoms with Crippen LogP contribution >= 0.6 is 11.3 Å². The number of fused-ring (bicyclic) bond motifs is 1. The number of thiazole rings is 1. The van der Waals surface area contributed by atoms with Crippen molar-refractivity contribution in [3.05, 3.63) is 47.5 Å². The lowest BCUT2D eigenvalue weighted by atomic mass is 10.0. The molecular weight excluding hydrogens is 402 g/mol. The first-order valence-corrected chi connectivity index (χ1v) is 10.5. The smallest absolute Gasteiger partial charge is 0.326 e. The Morgan fingerprint density at radius 1 is 1.33 bits per heavy atom. The minimum Gasteiger partial charge on any atom is -0.480 e. The number of carbonyl (C=O) groups is 2. The van der Waals surface area contributed by atoms with Crippen LogP contribution in [-0.2, 0) is 9.59 Å². The van der Waals surface area contributed by atoms with Gasteiger partial charge in [-0.25, -0.2) is 9.78 Å². The Labute approximate surface area is 178 Å². The van der Waals surface area contributed by atoms with Crippen molar-refractivity contribution in [2.75, 3.05) is 4.90 Å². The number of amides is 1. The predicted molar refractivity (Wildman–Crippen MR) is 115 cm³/mol. The maximum atomic E-state index is 12.8. The van der Waals surface area contributed by atoms with Gasteiger partial charge in [-0.05, 0) is 50.6 Å². The van der Waals surface area contributed by atoms with Gasteiger partial charge in [0, 0.05) is 16.6 Å². The first-order chi connectivity index (χ1) is 14.4. The lowest BCUT2D eigenvalue weighted by Crippen LogP contribution is -2.52. The van der Waals surface area contributed by atoms with E-state index in [4.69, 9.17) is 9.72 Å². The van der Waals surface area contributed by atoms with E-state index in [2.05, 4.69) is 4.98 Å². The first-order valence-electron chi connectivity index (χ1n) is 9.66. The quantitative estimate of drug-likeness (QED) is 0.662. The van der Waals surface area contributed by atoms with Crippen LogP contribution < -0.4 is 9.64 Å². The number of nitrogens with zero attached hydrogens (tertiary/aromatic N) is 3. The van der Waals surface area contributed by atoms with E-state index >= 15 is 0 Å². The Balaban J connectivity index is 1.80. The van der Waals surface area contributed by atoms with Crippen molar-refractivity contribution in [1.29, 1.82) is 0 Å². The number of ether oxygens (including phenoxy) is 1. The van der Waals surface area contributed by atoms with Gasteiger partial charge >= 0.3 is 5.97 Å². The topological polar surface area (TPSA) is 92.6 Å². The van der Waals surface area contributed by atoms with E-state index < -0.39 is 18.1 Å². The number of carboxylic acid groups (broad SMARTS) is 1. The molecule has 7 nitrogen and oxygen atoms in total. The molecule has 0 spiro atoms. The van der Waals surface area contributed by atoms with Gasteiger partial charge < -0.3 is 9.84 Å². The summed E-state index contributed by atoms with van der Waals surface area (Å²) in [5.74, 6) is -0.917. The fourth-order valence-corrected chi connectivity index (χ4v) is 4.47. The van der Waals surface area contributed by atoms with Crippen molar-refractivity contribution in [2.45, 2.75) is 39.3 Å². The minimum absolute atomic E-state index is 0.289. The summed E-state index contributed by atoms with van der Waals surface area (Å²) in [6.07, 6.45) is 1.27. The molecule has 3 heterocycles. The van der Waals surface area contributed by atoms with Crippen LogP contribution in [0.1, 0.15) is 25.1 Å². The largest absolute Gasteiger partial charge is 0.480 e. The molecule has 1 aliphatic heterocycles. The average molecular weight is 423 g/mol. The van der Waals surface area contributed by atoms with Gasteiger partial charge in [-0.3, -0.25) is 14.7 Å². The SMILES string of the molecule is CCC(C(=O)O)N1C(=O)C(C)Oc2ccc(-c3nc(-c4ccccn4)sc3C)cc21. The second kappa shape index (κ2) is 7.87. The van der Waals surface area contributed by atoms with Crippen molar-refractivity contribution in [3.63, 3.8) is 0 Å². The Morgan fingerprint density at radius 3 is 2.80 bits per heavy atom. The molecule has 3 aromatic rings. The van der Waals surface area contributed by atoms with E-state index in [1.807, 2.05) is 31.2 Å². The van der Waals surface area contributed by atoms with Crippen molar-refractivity contribution >= 4 is 28.9 Å². The van der Waals surface area contributed by atoms with Crippen LogP contribution in [0.4, 0.5) is 5.69 Å². The zero-order valence-corrected chi connectivity index (χ0v) is 17.6. The standard InChI is InChI=1S/C22H21N3O4S/c1-4-16(22(27)28)25-17-11-14(8-9-18(17)29-12(2)21(25)26)19-13(3)30-20(24-19)15-7-5-6-10-23-15/h5-12,16H,4H2,1-3H3,(H,27,28). The first kappa shape index (κ1) is 20.0. The molecule has 0 radical (unpaired) electrons. The van der Waals surface area contributed by atoms with Gasteiger partial charge in [0.15, 0.2) is 6.10 Å². The molecule has 2 unspecified atom stereocenters. The zero-order valence-electron chi connectivity index (χ0n) is 16.8. The number of carboxylic acids is 1. The fraction of sp³-hybridized carbons (Fsp3) is 0.273. The summed E-state index contributed by atoms with van der Waals surface area (Å²) in [5, 5.41) is 10.5. The highest BCUT2D eigenvalue weighted by Crippen LogP contribution is 2.41. The summed E-state index contributed by atoms with van der Waals surface area (Å²) in [6.45, 7) is 5.36. The predicted octanol–water partition coefficient (Wildman–Crippen LogP) is 4.16. The number of hydrogen-bond acceptors (Lipinski definition) is 6. The fourth-order valence-electron chi connectivity index (χ4n) is 3.56. The molecule has 8 heteroatoms. The number of aryl methyl sites for hydroxylation is 1. The van der Waals surface area contributed by atoms with E-state index in [0.717, 1.165) is 26.8 Å². The lowest BCUT2D eigenvalue weighted by molar-refractivity contribution is -0.141. The van der Waals surface area contributed by atoms with Gasteiger partial charge in [0.1, 0.15) is 16.8 Å². The van der Waals surface area contributed by atoms with E-state index in [0.29, 0.717) is 11.4 Å². The second-order valence-corrected chi connectivity index (χ2v) is 8.26. The normalized spacial score (nSPS) is 16.7. The summed E-state index contributed by atoms with van der Waals surface area (Å²) in [6, 6.07) is 10.2. The molecule has 1 aromatic carbocycles. The highest BCUT2D eigenvalue weighted by molar-refractivity contribution is 7.15. The third-order valence-corrected chi connectivity index (χ3v) is 6.04. The van der Waals surface area contributed by atoms with Crippen LogP contribution in [0, 0.1) is 6.92 Å². The Morgan fingerprint density at radius 2 is 2.13 bits per heavy atom. The van der Waals surface area contributed by atoms with Gasteiger partial charge in [-0.15, -0.1) is 11.3 Å². The Kier molecular flexibility index (Phi) is 5.26. The molecule has 30 heavy (non-hydrogen) atoms. The maximum Gasteiger partial charge on any atom is 0.326 e. The zero-order chi connectivity index (χ0) is 21.4. The van der Waals surface area contributed by atoms with E-state index in [1.54, 1.807) is 32.2 Å². The van der Waals surface area contributed by atoms with Crippen LogP contribution in [-0.4, -0.2) is 39.1 Å². The number of aliphatic carboxylic acids is 1. The van der Waals surface area contributed by atoms with Crippen LogP contribution in [0.15, 0.2) is 42.6 Å².